The van der Waals surface area contributed by atoms with Crippen LogP contribution in [0.25, 0.3) is 0 Å². The van der Waals surface area contributed by atoms with E-state index in [9.17, 15) is 0 Å². The number of fused-ring (bicyclic) bond motifs is 1. The van der Waals surface area contributed by atoms with Crippen LogP contribution in [0.3, 0.4) is 0 Å². The minimum atomic E-state index is -1.47. The van der Waals surface area contributed by atoms with Crippen LogP contribution < -0.4 is 37.3 Å². The van der Waals surface area contributed by atoms with Crippen molar-refractivity contribution in [3.8, 4) is 0 Å². The Balaban J connectivity index is 0.00000169. The Morgan fingerprint density at radius 3 is 1.67 bits per heavy atom. The van der Waals surface area contributed by atoms with Gasteiger partial charge in [-0.1, -0.05) is 48.5 Å². The largest absolute Gasteiger partial charge is 1.00 e. The highest BCUT2D eigenvalue weighted by Gasteiger charge is 2.53. The summed E-state index contributed by atoms with van der Waals surface area (Å²) in [5.74, 6) is 0. The molecular formula is C20H22BBrNP. The zero-order chi connectivity index (χ0) is 15.9. The van der Waals surface area contributed by atoms with Crippen molar-refractivity contribution in [2.75, 3.05) is 14.1 Å². The fraction of sp³-hybridized carbons (Fsp3) is 0.100. The smallest absolute Gasteiger partial charge is 0.358 e. The van der Waals surface area contributed by atoms with Crippen LogP contribution in [0, 0.1) is 0 Å². The number of hydrogen-bond acceptors (Lipinski definition) is 0. The van der Waals surface area contributed by atoms with Crippen LogP contribution in [0.15, 0.2) is 84.9 Å². The second-order valence-corrected chi connectivity index (χ2v) is 11.3. The summed E-state index contributed by atoms with van der Waals surface area (Å²) in [5.41, 5.74) is 1.52. The van der Waals surface area contributed by atoms with Gasteiger partial charge in [0.25, 0.3) is 0 Å². The molecule has 1 heterocycles. The first-order valence-electron chi connectivity index (χ1n) is 8.33. The van der Waals surface area contributed by atoms with Crippen molar-refractivity contribution < 1.29 is 17.0 Å². The topological polar surface area (TPSA) is 0 Å². The van der Waals surface area contributed by atoms with Gasteiger partial charge in [0.1, 0.15) is 11.0 Å². The molecule has 0 N–H and O–H groups in total. The van der Waals surface area contributed by atoms with Gasteiger partial charge in [-0.05, 0) is 36.4 Å². The number of halogens is 1. The Labute approximate surface area is 156 Å². The Morgan fingerprint density at radius 1 is 0.667 bits per heavy atom. The lowest BCUT2D eigenvalue weighted by Crippen LogP contribution is -3.00. The number of nitrogens with zero attached hydrogens (tertiary/aromatic N) is 1. The van der Waals surface area contributed by atoms with Gasteiger partial charge in [0.2, 0.25) is 0 Å². The molecule has 4 rings (SSSR count). The average Bonchev–Trinajstić information content (AvgIpc) is 2.86. The maximum absolute atomic E-state index is 2.40. The Bertz CT molecular complexity index is 797. The van der Waals surface area contributed by atoms with E-state index in [4.69, 9.17) is 0 Å². The molecule has 1 aliphatic rings. The summed E-state index contributed by atoms with van der Waals surface area (Å²) in [4.78, 5) is 0. The van der Waals surface area contributed by atoms with Gasteiger partial charge in [-0.25, -0.2) is 0 Å². The molecule has 0 fully saturated rings. The lowest BCUT2D eigenvalue weighted by Gasteiger charge is -2.33. The van der Waals surface area contributed by atoms with E-state index < -0.39 is 7.14 Å². The predicted octanol–water partition coefficient (Wildman–Crippen LogP) is -0.436. The molecule has 0 amide bonds. The maximum atomic E-state index is 2.40. The average molecular weight is 398 g/mol. The number of benzene rings is 3. The highest BCUT2D eigenvalue weighted by molar-refractivity contribution is 8.17. The Kier molecular flexibility index (Phi) is 4.70. The third kappa shape index (κ3) is 2.56. The molecule has 0 atom stereocenters. The SMILES string of the molecule is C[N+]1(C)[BH2-][P+](c2ccccc2)(c2ccccc2)c2ccccc21.[Br-]. The van der Waals surface area contributed by atoms with Gasteiger partial charge in [-0.15, -0.1) is 0 Å². The normalized spacial score (nSPS) is 16.9. The summed E-state index contributed by atoms with van der Waals surface area (Å²) in [6.07, 6.45) is 0. The molecule has 3 aromatic carbocycles. The molecule has 0 saturated carbocycles. The van der Waals surface area contributed by atoms with Gasteiger partial charge in [0.05, 0.1) is 10.6 Å². The number of rotatable bonds is 2. The van der Waals surface area contributed by atoms with Crippen molar-refractivity contribution in [2.24, 2.45) is 0 Å². The van der Waals surface area contributed by atoms with Crippen LogP contribution in [0.5, 0.6) is 0 Å². The molecule has 0 unspecified atom stereocenters. The molecular weight excluding hydrogens is 376 g/mol. The van der Waals surface area contributed by atoms with Gasteiger partial charge in [0, 0.05) is 21.2 Å². The highest BCUT2D eigenvalue weighted by atomic mass is 79.9. The van der Waals surface area contributed by atoms with Crippen molar-refractivity contribution in [1.82, 2.24) is 4.39 Å². The molecule has 1 nitrogen and oxygen atoms in total. The fourth-order valence-electron chi connectivity index (χ4n) is 4.49. The summed E-state index contributed by atoms with van der Waals surface area (Å²) in [5, 5.41) is 4.69. The zero-order valence-electron chi connectivity index (χ0n) is 14.4. The first kappa shape index (κ1) is 17.4. The monoisotopic (exact) mass is 397 g/mol. The molecule has 0 saturated heterocycles. The molecule has 0 bridgehead atoms. The molecule has 0 radical (unpaired) electrons. The van der Waals surface area contributed by atoms with Gasteiger partial charge in [-0.3, -0.25) is 0 Å². The Morgan fingerprint density at radius 2 is 1.12 bits per heavy atom. The van der Waals surface area contributed by atoms with Gasteiger partial charge in [0.15, 0.2) is 0 Å². The third-order valence-electron chi connectivity index (χ3n) is 5.43. The van der Waals surface area contributed by atoms with Crippen LogP contribution in [0.2, 0.25) is 0 Å². The van der Waals surface area contributed by atoms with E-state index in [1.54, 1.807) is 15.9 Å². The van der Waals surface area contributed by atoms with Crippen molar-refractivity contribution in [3.63, 3.8) is 0 Å². The van der Waals surface area contributed by atoms with Gasteiger partial charge < -0.3 is 21.4 Å². The van der Waals surface area contributed by atoms with E-state index in [1.807, 2.05) is 0 Å². The van der Waals surface area contributed by atoms with Gasteiger partial charge >= 0.3 is 7.13 Å². The first-order valence-corrected chi connectivity index (χ1v) is 10.6. The summed E-state index contributed by atoms with van der Waals surface area (Å²) in [7, 11) is 3.06. The molecule has 122 valence electrons. The standard InChI is InChI=1S/C20H22BNP.BrH/c1-22(2)19-15-9-10-16-20(19)23(21-22,17-11-5-3-6-12-17)18-13-7-4-8-14-18;/h3-16H,21H2,1-2H3;1H/q+1;/p-1. The second kappa shape index (κ2) is 6.48. The number of quaternary nitrogens is 1. The van der Waals surface area contributed by atoms with Crippen LogP contribution in [0.4, 0.5) is 5.69 Å². The summed E-state index contributed by atoms with van der Waals surface area (Å²) >= 11 is 0. The zero-order valence-corrected chi connectivity index (χ0v) is 16.8. The second-order valence-electron chi connectivity index (χ2n) is 7.38. The molecule has 0 aromatic heterocycles. The number of para-hydroxylation sites is 1. The van der Waals surface area contributed by atoms with Crippen LogP contribution in [-0.4, -0.2) is 21.2 Å². The van der Waals surface area contributed by atoms with Crippen LogP contribution in [0.1, 0.15) is 0 Å². The van der Waals surface area contributed by atoms with Gasteiger partial charge in [-0.2, -0.15) is 0 Å². The minimum Gasteiger partial charge on any atom is -1.00 e. The summed E-state index contributed by atoms with van der Waals surface area (Å²) in [6, 6.07) is 31.6. The predicted molar refractivity (Wildman–Crippen MR) is 107 cm³/mol. The molecule has 1 aliphatic heterocycles. The van der Waals surface area contributed by atoms with Crippen molar-refractivity contribution in [2.45, 2.75) is 0 Å². The van der Waals surface area contributed by atoms with E-state index in [0.717, 1.165) is 4.39 Å². The van der Waals surface area contributed by atoms with Crippen molar-refractivity contribution in [3.05, 3.63) is 84.9 Å². The van der Waals surface area contributed by atoms with E-state index >= 15 is 0 Å². The van der Waals surface area contributed by atoms with E-state index in [2.05, 4.69) is 99.0 Å². The van der Waals surface area contributed by atoms with Crippen molar-refractivity contribution in [1.29, 1.82) is 0 Å². The molecule has 0 aliphatic carbocycles. The van der Waals surface area contributed by atoms with Crippen LogP contribution in [-0.2, 0) is 0 Å². The molecule has 4 heteroatoms. The van der Waals surface area contributed by atoms with Crippen molar-refractivity contribution >= 4 is 35.9 Å². The lowest BCUT2D eigenvalue weighted by molar-refractivity contribution is -0.00000442. The fourth-order valence-corrected chi connectivity index (χ4v) is 10.5. The first-order chi connectivity index (χ1) is 11.1. The third-order valence-corrected chi connectivity index (χ3v) is 11.0. The highest BCUT2D eigenvalue weighted by Crippen LogP contribution is 2.61. The molecule has 3 aromatic rings. The molecule has 0 spiro atoms. The molecule has 24 heavy (non-hydrogen) atoms. The van der Waals surface area contributed by atoms with E-state index in [0.29, 0.717) is 0 Å². The summed E-state index contributed by atoms with van der Waals surface area (Å²) < 4.78 is 1.08. The maximum Gasteiger partial charge on any atom is 0.358 e. The summed E-state index contributed by atoms with van der Waals surface area (Å²) in [6.45, 7) is 0. The van der Waals surface area contributed by atoms with E-state index in [-0.39, 0.29) is 24.1 Å². The Hall–Kier alpha value is -1.41. The minimum absolute atomic E-state index is 0. The quantitative estimate of drug-likeness (QED) is 0.406. The van der Waals surface area contributed by atoms with Crippen LogP contribution >= 0.6 is 7.14 Å². The van der Waals surface area contributed by atoms with E-state index in [1.165, 1.54) is 5.69 Å². The number of hydrogen-bond donors (Lipinski definition) is 0. The lowest BCUT2D eigenvalue weighted by atomic mass is 10.2.